The van der Waals surface area contributed by atoms with E-state index in [0.717, 1.165) is 5.56 Å². The molecule has 0 saturated heterocycles. The Hall–Kier alpha value is -2.35. The number of benzene rings is 2. The maximum atomic E-state index is 13.4. The van der Waals surface area contributed by atoms with Crippen LogP contribution < -0.4 is 0 Å². The van der Waals surface area contributed by atoms with Gasteiger partial charge in [0, 0.05) is 17.3 Å². The van der Waals surface area contributed by atoms with Crippen LogP contribution in [0.4, 0.5) is 4.39 Å². The molecule has 1 nitrogen and oxygen atoms in total. The van der Waals surface area contributed by atoms with Gasteiger partial charge in [-0.1, -0.05) is 56.3 Å². The second kappa shape index (κ2) is 6.64. The monoisotopic (exact) mass is 321 g/mol. The van der Waals surface area contributed by atoms with Crippen LogP contribution in [-0.2, 0) is 0 Å². The van der Waals surface area contributed by atoms with E-state index in [1.807, 2.05) is 18.2 Å². The summed E-state index contributed by atoms with van der Waals surface area (Å²) in [7, 11) is 0. The number of aromatic nitrogens is 1. The Labute approximate surface area is 143 Å². The highest BCUT2D eigenvalue weighted by Gasteiger charge is 2.21. The first-order valence-corrected chi connectivity index (χ1v) is 8.55. The molecule has 3 aromatic rings. The quantitative estimate of drug-likeness (QED) is 0.506. The lowest BCUT2D eigenvalue weighted by molar-refractivity contribution is 0.566. The van der Waals surface area contributed by atoms with Crippen LogP contribution in [0, 0.1) is 5.82 Å². The predicted molar refractivity (Wildman–Crippen MR) is 99.7 cm³/mol. The van der Waals surface area contributed by atoms with E-state index in [4.69, 9.17) is 0 Å². The third-order valence-corrected chi connectivity index (χ3v) is 4.38. The Kier molecular flexibility index (Phi) is 4.57. The average molecular weight is 321 g/mol. The lowest BCUT2D eigenvalue weighted by Crippen LogP contribution is -2.08. The average Bonchev–Trinajstić information content (AvgIpc) is 2.97. The fourth-order valence-electron chi connectivity index (χ4n) is 3.29. The molecule has 0 radical (unpaired) electrons. The maximum Gasteiger partial charge on any atom is 0.123 e. The van der Waals surface area contributed by atoms with Gasteiger partial charge in [0.25, 0.3) is 0 Å². The first kappa shape index (κ1) is 16.5. The smallest absolute Gasteiger partial charge is 0.123 e. The van der Waals surface area contributed by atoms with Crippen molar-refractivity contribution in [1.29, 1.82) is 0 Å². The van der Waals surface area contributed by atoms with Crippen molar-refractivity contribution in [3.05, 3.63) is 72.2 Å². The van der Waals surface area contributed by atoms with Crippen molar-refractivity contribution in [2.24, 2.45) is 0 Å². The Morgan fingerprint density at radius 1 is 0.792 bits per heavy atom. The summed E-state index contributed by atoms with van der Waals surface area (Å²) in [6.45, 7) is 8.87. The van der Waals surface area contributed by atoms with Gasteiger partial charge >= 0.3 is 0 Å². The lowest BCUT2D eigenvalue weighted by atomic mass is 10.0. The third kappa shape index (κ3) is 3.01. The van der Waals surface area contributed by atoms with Crippen molar-refractivity contribution in [3.8, 4) is 22.4 Å². The van der Waals surface area contributed by atoms with E-state index in [2.05, 4.69) is 62.6 Å². The summed E-state index contributed by atoms with van der Waals surface area (Å²) in [4.78, 5) is 0. The van der Waals surface area contributed by atoms with Gasteiger partial charge in [-0.3, -0.25) is 0 Å². The summed E-state index contributed by atoms with van der Waals surface area (Å²) in [6.07, 6.45) is 0. The molecule has 0 saturated carbocycles. The second-order valence-corrected chi connectivity index (χ2v) is 6.82. The summed E-state index contributed by atoms with van der Waals surface area (Å²) in [5.74, 6) is 0.219. The first-order chi connectivity index (χ1) is 11.5. The van der Waals surface area contributed by atoms with Gasteiger partial charge in [-0.05, 0) is 49.1 Å². The number of rotatable bonds is 4. The molecule has 0 fully saturated rings. The molecule has 0 aliphatic rings. The summed E-state index contributed by atoms with van der Waals surface area (Å²) in [5.41, 5.74) is 5.93. The molecule has 0 N–H and O–H groups in total. The SMILES string of the molecule is CC(C)c1cc(-c2ccc(F)cc2)c(-c2ccccc2)n1C(C)C. The van der Waals surface area contributed by atoms with Crippen molar-refractivity contribution < 1.29 is 4.39 Å². The summed E-state index contributed by atoms with van der Waals surface area (Å²) >= 11 is 0. The van der Waals surface area contributed by atoms with Crippen LogP contribution in [0.25, 0.3) is 22.4 Å². The molecule has 24 heavy (non-hydrogen) atoms. The Morgan fingerprint density at radius 3 is 1.96 bits per heavy atom. The van der Waals surface area contributed by atoms with Gasteiger partial charge in [0.2, 0.25) is 0 Å². The molecule has 0 aliphatic carbocycles. The van der Waals surface area contributed by atoms with Crippen LogP contribution in [0.5, 0.6) is 0 Å². The van der Waals surface area contributed by atoms with Gasteiger partial charge in [-0.2, -0.15) is 0 Å². The van der Waals surface area contributed by atoms with E-state index >= 15 is 0 Å². The molecule has 124 valence electrons. The zero-order valence-corrected chi connectivity index (χ0v) is 14.8. The van der Waals surface area contributed by atoms with E-state index in [0.29, 0.717) is 12.0 Å². The molecule has 3 rings (SSSR count). The van der Waals surface area contributed by atoms with Crippen molar-refractivity contribution in [2.45, 2.75) is 39.7 Å². The van der Waals surface area contributed by atoms with Crippen molar-refractivity contribution in [2.75, 3.05) is 0 Å². The van der Waals surface area contributed by atoms with E-state index in [9.17, 15) is 4.39 Å². The first-order valence-electron chi connectivity index (χ1n) is 8.55. The van der Waals surface area contributed by atoms with Gasteiger partial charge in [0.1, 0.15) is 5.82 Å². The van der Waals surface area contributed by atoms with Gasteiger partial charge in [-0.15, -0.1) is 0 Å². The molecule has 0 amide bonds. The molecule has 1 heterocycles. The lowest BCUT2D eigenvalue weighted by Gasteiger charge is -2.20. The van der Waals surface area contributed by atoms with Crippen LogP contribution in [-0.4, -0.2) is 4.57 Å². The van der Waals surface area contributed by atoms with Crippen LogP contribution in [0.15, 0.2) is 60.7 Å². The molecular weight excluding hydrogens is 297 g/mol. The molecule has 0 spiro atoms. The van der Waals surface area contributed by atoms with Gasteiger partial charge in [0.15, 0.2) is 0 Å². The predicted octanol–water partition coefficient (Wildman–Crippen LogP) is 6.67. The van der Waals surface area contributed by atoms with Crippen LogP contribution in [0.3, 0.4) is 0 Å². The largest absolute Gasteiger partial charge is 0.341 e. The summed E-state index contributed by atoms with van der Waals surface area (Å²) < 4.78 is 15.8. The Balaban J connectivity index is 2.32. The number of nitrogens with zero attached hydrogens (tertiary/aromatic N) is 1. The molecule has 1 aromatic heterocycles. The molecule has 0 unspecified atom stereocenters. The standard InChI is InChI=1S/C22H24FN/c1-15(2)21-14-20(17-10-12-19(23)13-11-17)22(24(21)16(3)4)18-8-6-5-7-9-18/h5-16H,1-4H3. The number of halogens is 1. The topological polar surface area (TPSA) is 4.93 Å². The molecular formula is C22H24FN. The highest BCUT2D eigenvalue weighted by Crippen LogP contribution is 2.39. The molecule has 0 aliphatic heterocycles. The number of hydrogen-bond donors (Lipinski definition) is 0. The molecule has 0 bridgehead atoms. The van der Waals surface area contributed by atoms with Gasteiger partial charge in [0.05, 0.1) is 5.69 Å². The molecule has 2 aromatic carbocycles. The zero-order chi connectivity index (χ0) is 17.3. The zero-order valence-electron chi connectivity index (χ0n) is 14.8. The summed E-state index contributed by atoms with van der Waals surface area (Å²) in [6, 6.07) is 19.9. The van der Waals surface area contributed by atoms with Gasteiger partial charge in [-0.25, -0.2) is 4.39 Å². The van der Waals surface area contributed by atoms with E-state index in [1.54, 1.807) is 0 Å². The Bertz CT molecular complexity index is 811. The van der Waals surface area contributed by atoms with Crippen LogP contribution >= 0.6 is 0 Å². The highest BCUT2D eigenvalue weighted by atomic mass is 19.1. The second-order valence-electron chi connectivity index (χ2n) is 6.82. The minimum Gasteiger partial charge on any atom is -0.341 e. The molecule has 0 atom stereocenters. The summed E-state index contributed by atoms with van der Waals surface area (Å²) in [5, 5.41) is 0. The minimum absolute atomic E-state index is 0.201. The van der Waals surface area contributed by atoms with Crippen molar-refractivity contribution in [1.82, 2.24) is 4.57 Å². The van der Waals surface area contributed by atoms with Crippen molar-refractivity contribution in [3.63, 3.8) is 0 Å². The van der Waals surface area contributed by atoms with Crippen LogP contribution in [0.1, 0.15) is 45.3 Å². The van der Waals surface area contributed by atoms with Crippen molar-refractivity contribution >= 4 is 0 Å². The number of hydrogen-bond acceptors (Lipinski definition) is 0. The van der Waals surface area contributed by atoms with Gasteiger partial charge < -0.3 is 4.57 Å². The van der Waals surface area contributed by atoms with Crippen LogP contribution in [0.2, 0.25) is 0 Å². The fraction of sp³-hybridized carbons (Fsp3) is 0.273. The third-order valence-electron chi connectivity index (χ3n) is 4.38. The maximum absolute atomic E-state index is 13.4. The molecule has 2 heteroatoms. The van der Waals surface area contributed by atoms with E-state index in [1.165, 1.54) is 34.6 Å². The highest BCUT2D eigenvalue weighted by molar-refractivity contribution is 5.83. The van der Waals surface area contributed by atoms with E-state index in [-0.39, 0.29) is 5.82 Å². The van der Waals surface area contributed by atoms with E-state index < -0.39 is 0 Å². The Morgan fingerprint density at radius 2 is 1.42 bits per heavy atom. The fourth-order valence-corrected chi connectivity index (χ4v) is 3.29. The normalized spacial score (nSPS) is 11.5. The minimum atomic E-state index is -0.201.